The first-order chi connectivity index (χ1) is 32.2. The van der Waals surface area contributed by atoms with Crippen molar-refractivity contribution in [3.63, 3.8) is 0 Å². The highest BCUT2D eigenvalue weighted by Crippen LogP contribution is 2.29. The lowest BCUT2D eigenvalue weighted by atomic mass is 9.98. The van der Waals surface area contributed by atoms with Crippen molar-refractivity contribution in [2.24, 2.45) is 0 Å². The van der Waals surface area contributed by atoms with Crippen molar-refractivity contribution in [1.29, 1.82) is 0 Å². The van der Waals surface area contributed by atoms with Gasteiger partial charge in [-0.3, -0.25) is 0 Å². The van der Waals surface area contributed by atoms with Crippen LogP contribution in [0, 0.1) is 0 Å². The number of thiophene rings is 2. The second-order valence-corrected chi connectivity index (χ2v) is 26.6. The Labute approximate surface area is 432 Å². The third-order valence-corrected chi connectivity index (χ3v) is 18.3. The molecule has 69 heavy (non-hydrogen) atoms. The summed E-state index contributed by atoms with van der Waals surface area (Å²) in [6.07, 6.45) is 0. The van der Waals surface area contributed by atoms with E-state index in [-0.39, 0.29) is 10.3 Å². The Morgan fingerprint density at radius 3 is 1.39 bits per heavy atom. The molecule has 3 atom stereocenters. The van der Waals surface area contributed by atoms with E-state index in [4.69, 9.17) is 10.7 Å². The summed E-state index contributed by atoms with van der Waals surface area (Å²) in [5.74, 6) is 0. The van der Waals surface area contributed by atoms with Gasteiger partial charge < -0.3 is 41.1 Å². The molecule has 0 radical (unpaired) electrons. The van der Waals surface area contributed by atoms with Crippen LogP contribution in [0.3, 0.4) is 0 Å². The Morgan fingerprint density at radius 1 is 0.594 bits per heavy atom. The molecule has 3 aliphatic heterocycles. The number of nitrogens with zero attached hydrogens (tertiary/aromatic N) is 3. The molecule has 0 amide bonds. The van der Waals surface area contributed by atoms with Gasteiger partial charge in [0.2, 0.25) is 0 Å². The summed E-state index contributed by atoms with van der Waals surface area (Å²) in [5, 5.41) is 43.0. The first-order valence-electron chi connectivity index (χ1n) is 23.0. The molecule has 0 bridgehead atoms. The fourth-order valence-electron chi connectivity index (χ4n) is 7.44. The summed E-state index contributed by atoms with van der Waals surface area (Å²) in [6, 6.07) is 31.4. The first-order valence-corrected chi connectivity index (χ1v) is 29.3. The number of sulfonamides is 1. The Balaban J connectivity index is 0.000000203. The van der Waals surface area contributed by atoms with Crippen LogP contribution in [0.2, 0.25) is 0 Å². The molecule has 0 spiro atoms. The molecule has 8 rings (SSSR count). The van der Waals surface area contributed by atoms with Crippen molar-refractivity contribution < 1.29 is 32.2 Å². The van der Waals surface area contributed by atoms with E-state index in [0.717, 1.165) is 77.5 Å². The lowest BCUT2D eigenvalue weighted by Crippen LogP contribution is -2.53. The molecular weight excluding hydrogens is 1040 g/mol. The van der Waals surface area contributed by atoms with E-state index in [9.17, 15) is 32.2 Å². The van der Waals surface area contributed by atoms with Crippen molar-refractivity contribution in [2.45, 2.75) is 106 Å². The molecule has 382 valence electrons. The van der Waals surface area contributed by atoms with Crippen LogP contribution in [-0.4, -0.2) is 113 Å². The molecule has 0 aliphatic carbocycles. The maximum atomic E-state index is 12.7. The van der Waals surface area contributed by atoms with Crippen molar-refractivity contribution in [3.05, 3.63) is 129 Å². The van der Waals surface area contributed by atoms with E-state index in [1.807, 2.05) is 81.4 Å². The standard InChI is InChI=1S/C18H24N2O3S2.C14H22N2O.C9H11BrO.C5H12N2.C4H3ClO2S2/c1-14-13-19(16-8-6-15(7-9-16)18(2,3)21)10-11-20(14)25(22,23)17-5-4-12-24-17;1-11-10-16(9-8-15-11)13-6-4-12(5-7-13)14(2,3)17;1-9(2,11)7-3-5-8(10)6-4-7;1-5-4-6-2-3-7-5;5-9(6,7)4-2-1-3-8-4/h4-9,12,14,21H,10-11,13H2,1-3H3;4-7,11,15,17H,8-10H2,1-3H3;3-6,11H,1-2H3;5-7H,2-4H2,1H3;1-3H/t14-;11-;;5-;/m11.1./s1. The van der Waals surface area contributed by atoms with E-state index in [2.05, 4.69) is 67.7 Å². The number of nitrogens with one attached hydrogen (secondary N) is 3. The number of benzene rings is 3. The summed E-state index contributed by atoms with van der Waals surface area (Å²) < 4.78 is 49.7. The van der Waals surface area contributed by atoms with Crippen LogP contribution in [0.5, 0.6) is 0 Å². The Kier molecular flexibility index (Phi) is 22.2. The number of hydrogen-bond acceptors (Lipinski definition) is 14. The van der Waals surface area contributed by atoms with Crippen LogP contribution in [-0.2, 0) is 35.9 Å². The molecule has 13 nitrogen and oxygen atoms in total. The van der Waals surface area contributed by atoms with Crippen molar-refractivity contribution >= 4 is 79.7 Å². The van der Waals surface area contributed by atoms with Crippen molar-refractivity contribution in [3.8, 4) is 0 Å². The van der Waals surface area contributed by atoms with E-state index >= 15 is 0 Å². The summed E-state index contributed by atoms with van der Waals surface area (Å²) in [6.45, 7) is 25.3. The van der Waals surface area contributed by atoms with Gasteiger partial charge in [-0.05, 0) is 138 Å². The monoisotopic (exact) mass is 1110 g/mol. The van der Waals surface area contributed by atoms with Gasteiger partial charge in [-0.2, -0.15) is 4.31 Å². The highest BCUT2D eigenvalue weighted by Gasteiger charge is 2.34. The maximum Gasteiger partial charge on any atom is 0.270 e. The number of aliphatic hydroxyl groups is 3. The quantitative estimate of drug-likeness (QED) is 0.0820. The number of halogens is 2. The van der Waals surface area contributed by atoms with Gasteiger partial charge in [0.25, 0.3) is 19.1 Å². The van der Waals surface area contributed by atoms with Crippen LogP contribution < -0.4 is 25.8 Å². The third-order valence-electron chi connectivity index (χ3n) is 11.4. The van der Waals surface area contributed by atoms with Crippen molar-refractivity contribution in [1.82, 2.24) is 20.3 Å². The molecule has 19 heteroatoms. The molecule has 6 N–H and O–H groups in total. The predicted octanol–water partition coefficient (Wildman–Crippen LogP) is 8.51. The highest BCUT2D eigenvalue weighted by atomic mass is 79.9. The fourth-order valence-corrected chi connectivity index (χ4v) is 12.2. The van der Waals surface area contributed by atoms with Gasteiger partial charge in [0.05, 0.1) is 16.8 Å². The molecular formula is C50H72BrClN6O7S4. The summed E-state index contributed by atoms with van der Waals surface area (Å²) in [5.41, 5.74) is 2.70. The normalized spacial score (nSPS) is 19.3. The SMILES string of the molecule is CC(C)(O)c1ccc(Br)cc1.C[C@@H]1CN(c2ccc(C(C)(C)O)cc2)CCN1.C[C@@H]1CN(c2ccc(C(C)(C)O)cc2)CCN1S(=O)(=O)c1cccs1.C[C@@H]1CNCCN1.O=S(=O)(Cl)c1cccs1. The van der Waals surface area contributed by atoms with Crippen LogP contribution in [0.1, 0.15) is 79.0 Å². The van der Waals surface area contributed by atoms with Crippen LogP contribution in [0.4, 0.5) is 11.4 Å². The molecule has 5 heterocycles. The minimum Gasteiger partial charge on any atom is -0.386 e. The lowest BCUT2D eigenvalue weighted by molar-refractivity contribution is 0.0780. The molecule has 5 aromatic rings. The molecule has 3 fully saturated rings. The first kappa shape index (κ1) is 58.6. The lowest BCUT2D eigenvalue weighted by Gasteiger charge is -2.40. The highest BCUT2D eigenvalue weighted by molar-refractivity contribution is 9.10. The third kappa shape index (κ3) is 19.2. The van der Waals surface area contributed by atoms with Gasteiger partial charge >= 0.3 is 0 Å². The average molecular weight is 1110 g/mol. The van der Waals surface area contributed by atoms with Crippen molar-refractivity contribution in [2.75, 3.05) is 68.7 Å². The van der Waals surface area contributed by atoms with Crippen LogP contribution in [0.15, 0.2) is 121 Å². The largest absolute Gasteiger partial charge is 0.386 e. The van der Waals surface area contributed by atoms with E-state index < -0.39 is 35.9 Å². The van der Waals surface area contributed by atoms with Gasteiger partial charge in [0.1, 0.15) is 8.42 Å². The minimum absolute atomic E-state index is 0.102. The predicted molar refractivity (Wildman–Crippen MR) is 290 cm³/mol. The zero-order chi connectivity index (χ0) is 51.2. The molecule has 3 aromatic carbocycles. The van der Waals surface area contributed by atoms with E-state index in [0.29, 0.717) is 35.9 Å². The Morgan fingerprint density at radius 2 is 1.04 bits per heavy atom. The maximum absolute atomic E-state index is 12.7. The molecule has 3 aliphatic rings. The zero-order valence-electron chi connectivity index (χ0n) is 41.2. The second kappa shape index (κ2) is 26.1. The van der Waals surface area contributed by atoms with E-state index in [1.165, 1.54) is 23.1 Å². The van der Waals surface area contributed by atoms with E-state index in [1.54, 1.807) is 61.0 Å². The smallest absolute Gasteiger partial charge is 0.270 e. The molecule has 3 saturated heterocycles. The Bertz CT molecular complexity index is 2470. The number of rotatable bonds is 8. The van der Waals surface area contributed by atoms with Gasteiger partial charge in [0.15, 0.2) is 0 Å². The van der Waals surface area contributed by atoms with Gasteiger partial charge in [-0.25, -0.2) is 16.8 Å². The fraction of sp³-hybridized carbons (Fsp3) is 0.480. The number of anilines is 2. The number of piperazine rings is 3. The summed E-state index contributed by atoms with van der Waals surface area (Å²) in [4.78, 5) is 4.58. The topological polar surface area (TPSA) is 175 Å². The minimum atomic E-state index is -3.47. The van der Waals surface area contributed by atoms with Gasteiger partial charge in [-0.1, -0.05) is 64.5 Å². The van der Waals surface area contributed by atoms with Gasteiger partial charge in [-0.15, -0.1) is 22.7 Å². The molecule has 2 aromatic heterocycles. The average Bonchev–Trinajstić information content (AvgIpc) is 4.04. The summed E-state index contributed by atoms with van der Waals surface area (Å²) >= 11 is 5.70. The Hall–Kier alpha value is -2.95. The van der Waals surface area contributed by atoms with Gasteiger partial charge in [0, 0.05) is 104 Å². The molecule has 0 saturated carbocycles. The second-order valence-electron chi connectivity index (χ2n) is 18.9. The van der Waals surface area contributed by atoms with Crippen LogP contribution >= 0.6 is 49.3 Å². The summed E-state index contributed by atoms with van der Waals surface area (Å²) in [7, 11) is -1.89. The number of hydrogen-bond donors (Lipinski definition) is 6. The molecule has 0 unspecified atom stereocenters. The zero-order valence-corrected chi connectivity index (χ0v) is 46.8. The van der Waals surface area contributed by atoms with Crippen LogP contribution in [0.25, 0.3) is 0 Å².